The van der Waals surface area contributed by atoms with E-state index in [1.54, 1.807) is 5.92 Å². The first-order chi connectivity index (χ1) is 3.56. The zero-order chi connectivity index (χ0) is 6.62. The van der Waals surface area contributed by atoms with Gasteiger partial charge in [-0.05, 0) is 6.08 Å². The summed E-state index contributed by atoms with van der Waals surface area (Å²) in [6, 6.07) is 0. The average molecular weight is 120 g/mol. The average Bonchev–Trinajstić information content (AvgIpc) is 1.59. The van der Waals surface area contributed by atoms with E-state index >= 15 is 0 Å². The molecule has 0 aliphatic carbocycles. The third kappa shape index (κ3) is 5.09. The Kier molecular flexibility index (Phi) is 2.14. The molecule has 0 saturated heterocycles. The van der Waals surface area contributed by atoms with Crippen LogP contribution in [0.15, 0.2) is 12.7 Å². The Bertz CT molecular complexity index is 132. The molecule has 0 aromatic carbocycles. The topological polar surface area (TPSA) is 0 Å². The molecule has 0 atom stereocenters. The number of alkyl halides is 3. The highest BCUT2D eigenvalue weighted by Crippen LogP contribution is 2.11. The van der Waals surface area contributed by atoms with Crippen LogP contribution in [-0.4, -0.2) is 6.18 Å². The summed E-state index contributed by atoms with van der Waals surface area (Å²) in [6.45, 7) is 2.99. The van der Waals surface area contributed by atoms with Gasteiger partial charge < -0.3 is 0 Å². The minimum absolute atomic E-state index is 0.896. The van der Waals surface area contributed by atoms with Crippen molar-refractivity contribution < 1.29 is 13.2 Å². The highest BCUT2D eigenvalue weighted by molar-refractivity contribution is 5.15. The van der Waals surface area contributed by atoms with Crippen LogP contribution in [0.5, 0.6) is 0 Å². The minimum Gasteiger partial charge on any atom is -0.159 e. The van der Waals surface area contributed by atoms with E-state index in [4.69, 9.17) is 0 Å². The van der Waals surface area contributed by atoms with Gasteiger partial charge in [0.2, 0.25) is 0 Å². The van der Waals surface area contributed by atoms with Gasteiger partial charge in [-0.15, -0.1) is 0 Å². The van der Waals surface area contributed by atoms with E-state index in [-0.39, 0.29) is 0 Å². The van der Waals surface area contributed by atoms with Gasteiger partial charge >= 0.3 is 6.18 Å². The second kappa shape index (κ2) is 2.41. The van der Waals surface area contributed by atoms with Crippen LogP contribution in [0.4, 0.5) is 13.2 Å². The summed E-state index contributed by atoms with van der Waals surface area (Å²) in [6.07, 6.45) is -3.48. The van der Waals surface area contributed by atoms with Crippen LogP contribution in [-0.2, 0) is 0 Å². The van der Waals surface area contributed by atoms with Crippen molar-refractivity contribution in [2.75, 3.05) is 0 Å². The molecule has 0 aromatic heterocycles. The fourth-order valence-electron chi connectivity index (χ4n) is 0.133. The Morgan fingerprint density at radius 1 is 1.38 bits per heavy atom. The lowest BCUT2D eigenvalue weighted by atomic mass is 10.5. The predicted molar refractivity (Wildman–Crippen MR) is 24.0 cm³/mol. The number of rotatable bonds is 0. The molecule has 0 rings (SSSR count). The van der Waals surface area contributed by atoms with Gasteiger partial charge in [-0.25, -0.2) is 0 Å². The van der Waals surface area contributed by atoms with E-state index in [9.17, 15) is 13.2 Å². The number of hydrogen-bond donors (Lipinski definition) is 0. The molecule has 0 nitrogen and oxygen atoms in total. The Morgan fingerprint density at radius 2 is 1.88 bits per heavy atom. The Balaban J connectivity index is 3.87. The lowest BCUT2D eigenvalue weighted by molar-refractivity contribution is -0.0696. The second-order valence-electron chi connectivity index (χ2n) is 0.971. The number of halogens is 3. The molecule has 0 N–H and O–H groups in total. The standard InChI is InChI=1S/C5H3F3/c1-2-3-4-5(6,7)8/h2H,1H2. The van der Waals surface area contributed by atoms with E-state index in [1.807, 2.05) is 0 Å². The summed E-state index contributed by atoms with van der Waals surface area (Å²) >= 11 is 0. The monoisotopic (exact) mass is 120 g/mol. The molecule has 0 unspecified atom stereocenters. The summed E-state index contributed by atoms with van der Waals surface area (Å²) in [5.41, 5.74) is 0. The molecule has 0 aromatic rings. The Labute approximate surface area is 45.0 Å². The molecular formula is C5H3F3. The van der Waals surface area contributed by atoms with E-state index in [0.29, 0.717) is 0 Å². The van der Waals surface area contributed by atoms with E-state index in [1.165, 1.54) is 0 Å². The van der Waals surface area contributed by atoms with Gasteiger partial charge in [-0.2, -0.15) is 13.2 Å². The molecule has 8 heavy (non-hydrogen) atoms. The maximum absolute atomic E-state index is 11.0. The van der Waals surface area contributed by atoms with Crippen LogP contribution in [0, 0.1) is 11.8 Å². The maximum atomic E-state index is 11.0. The van der Waals surface area contributed by atoms with Crippen LogP contribution >= 0.6 is 0 Å². The Hall–Kier alpha value is -0.910. The van der Waals surface area contributed by atoms with Crippen molar-refractivity contribution in [3.05, 3.63) is 12.7 Å². The molecule has 0 amide bonds. The first-order valence-electron chi connectivity index (χ1n) is 1.76. The predicted octanol–water partition coefficient (Wildman–Crippen LogP) is 1.74. The van der Waals surface area contributed by atoms with Gasteiger partial charge in [0, 0.05) is 5.92 Å². The van der Waals surface area contributed by atoms with Gasteiger partial charge in [0.25, 0.3) is 0 Å². The molecule has 0 aliphatic rings. The lowest BCUT2D eigenvalue weighted by Crippen LogP contribution is -2.00. The zero-order valence-electron chi connectivity index (χ0n) is 3.92. The van der Waals surface area contributed by atoms with Gasteiger partial charge in [-0.1, -0.05) is 12.5 Å². The largest absolute Gasteiger partial charge is 0.458 e. The minimum atomic E-state index is -4.38. The van der Waals surface area contributed by atoms with Crippen molar-refractivity contribution in [2.45, 2.75) is 6.18 Å². The van der Waals surface area contributed by atoms with Crippen molar-refractivity contribution in [3.8, 4) is 11.8 Å². The summed E-state index contributed by atoms with van der Waals surface area (Å²) in [4.78, 5) is 0. The summed E-state index contributed by atoms with van der Waals surface area (Å²) in [5.74, 6) is 2.68. The van der Waals surface area contributed by atoms with Crippen LogP contribution < -0.4 is 0 Å². The number of hydrogen-bond acceptors (Lipinski definition) is 0. The normalized spacial score (nSPS) is 9.38. The first-order valence-corrected chi connectivity index (χ1v) is 1.76. The summed E-state index contributed by atoms with van der Waals surface area (Å²) in [5, 5.41) is 0. The highest BCUT2D eigenvalue weighted by atomic mass is 19.4. The molecule has 44 valence electrons. The Morgan fingerprint density at radius 3 is 2.00 bits per heavy atom. The van der Waals surface area contributed by atoms with Crippen LogP contribution in [0.1, 0.15) is 0 Å². The molecule has 0 heterocycles. The van der Waals surface area contributed by atoms with Crippen molar-refractivity contribution in [1.29, 1.82) is 0 Å². The molecule has 0 radical (unpaired) electrons. The quantitative estimate of drug-likeness (QED) is 0.427. The molecule has 3 heteroatoms. The van der Waals surface area contributed by atoms with Gasteiger partial charge in [0.1, 0.15) is 0 Å². The van der Waals surface area contributed by atoms with E-state index in [0.717, 1.165) is 12.0 Å². The fraction of sp³-hybridized carbons (Fsp3) is 0.200. The van der Waals surface area contributed by atoms with Crippen LogP contribution in [0.2, 0.25) is 0 Å². The SMILES string of the molecule is C=CC#CC(F)(F)F. The number of allylic oxidation sites excluding steroid dienone is 1. The third-order valence-electron chi connectivity index (χ3n) is 0.316. The zero-order valence-corrected chi connectivity index (χ0v) is 3.92. The van der Waals surface area contributed by atoms with Gasteiger partial charge in [-0.3, -0.25) is 0 Å². The molecule has 0 fully saturated rings. The maximum Gasteiger partial charge on any atom is 0.458 e. The fourth-order valence-corrected chi connectivity index (χ4v) is 0.133. The summed E-state index contributed by atoms with van der Waals surface area (Å²) in [7, 11) is 0. The van der Waals surface area contributed by atoms with Crippen molar-refractivity contribution in [2.24, 2.45) is 0 Å². The van der Waals surface area contributed by atoms with Crippen molar-refractivity contribution in [1.82, 2.24) is 0 Å². The molecule has 0 bridgehead atoms. The van der Waals surface area contributed by atoms with E-state index in [2.05, 4.69) is 6.58 Å². The molecular weight excluding hydrogens is 117 g/mol. The van der Waals surface area contributed by atoms with Crippen molar-refractivity contribution in [3.63, 3.8) is 0 Å². The highest BCUT2D eigenvalue weighted by Gasteiger charge is 2.22. The molecule has 0 aliphatic heterocycles. The second-order valence-corrected chi connectivity index (χ2v) is 0.971. The van der Waals surface area contributed by atoms with Gasteiger partial charge in [0.05, 0.1) is 0 Å². The smallest absolute Gasteiger partial charge is 0.159 e. The molecule has 0 spiro atoms. The summed E-state index contributed by atoms with van der Waals surface area (Å²) < 4.78 is 33.1. The van der Waals surface area contributed by atoms with Gasteiger partial charge in [0.15, 0.2) is 0 Å². The first kappa shape index (κ1) is 7.09. The van der Waals surface area contributed by atoms with Crippen molar-refractivity contribution >= 4 is 0 Å². The third-order valence-corrected chi connectivity index (χ3v) is 0.316. The van der Waals surface area contributed by atoms with Crippen LogP contribution in [0.3, 0.4) is 0 Å². The van der Waals surface area contributed by atoms with E-state index < -0.39 is 6.18 Å². The molecule has 0 saturated carbocycles. The lowest BCUT2D eigenvalue weighted by Gasteiger charge is -1.89. The van der Waals surface area contributed by atoms with Crippen LogP contribution in [0.25, 0.3) is 0 Å².